The van der Waals surface area contributed by atoms with Gasteiger partial charge >= 0.3 is 0 Å². The molecule has 0 heterocycles. The van der Waals surface area contributed by atoms with Crippen LogP contribution in [0.3, 0.4) is 0 Å². The number of benzene rings is 2. The number of nitro benzene ring substituents is 1. The molecule has 0 aliphatic rings. The van der Waals surface area contributed by atoms with E-state index in [-0.39, 0.29) is 11.3 Å². The van der Waals surface area contributed by atoms with Crippen molar-refractivity contribution in [1.82, 2.24) is 0 Å². The Hall–Kier alpha value is -2.96. The van der Waals surface area contributed by atoms with Crippen LogP contribution in [0.2, 0.25) is 0 Å². The fourth-order valence-electron chi connectivity index (χ4n) is 1.67. The molecule has 0 radical (unpaired) electrons. The lowest BCUT2D eigenvalue weighted by Crippen LogP contribution is -2.16. The van der Waals surface area contributed by atoms with Crippen molar-refractivity contribution >= 4 is 23.0 Å². The largest absolute Gasteiger partial charge is 0.398 e. The predicted octanol–water partition coefficient (Wildman–Crippen LogP) is 2.57. The first-order valence-corrected chi connectivity index (χ1v) is 5.59. The third-order valence-electron chi connectivity index (χ3n) is 2.63. The molecule has 102 valence electrons. The number of anilines is 2. The second kappa shape index (κ2) is 5.35. The maximum absolute atomic E-state index is 13.6. The standard InChI is InChI=1S/C13H10FN3O3/c14-9-5-3-7-11(17(19)20)12(9)16-13(18)8-4-1-2-6-10(8)15/h1-7H,15H2,(H,16,18). The van der Waals surface area contributed by atoms with E-state index in [2.05, 4.69) is 5.32 Å². The molecular formula is C13H10FN3O3. The quantitative estimate of drug-likeness (QED) is 0.511. The zero-order valence-electron chi connectivity index (χ0n) is 10.2. The normalized spacial score (nSPS) is 10.1. The summed E-state index contributed by atoms with van der Waals surface area (Å²) in [6.07, 6.45) is 0. The molecule has 0 aromatic heterocycles. The number of nitrogen functional groups attached to an aromatic ring is 1. The Morgan fingerprint density at radius 3 is 2.55 bits per heavy atom. The van der Waals surface area contributed by atoms with Gasteiger partial charge in [-0.2, -0.15) is 0 Å². The molecule has 0 saturated carbocycles. The summed E-state index contributed by atoms with van der Waals surface area (Å²) in [5.74, 6) is -1.60. The zero-order valence-corrected chi connectivity index (χ0v) is 10.2. The number of nitrogens with two attached hydrogens (primary N) is 1. The van der Waals surface area contributed by atoms with Crippen LogP contribution in [-0.4, -0.2) is 10.8 Å². The lowest BCUT2D eigenvalue weighted by atomic mass is 10.1. The van der Waals surface area contributed by atoms with Crippen molar-refractivity contribution in [3.05, 3.63) is 64.0 Å². The highest BCUT2D eigenvalue weighted by molar-refractivity contribution is 6.08. The lowest BCUT2D eigenvalue weighted by Gasteiger charge is -2.08. The van der Waals surface area contributed by atoms with Gasteiger partial charge in [0.25, 0.3) is 11.6 Å². The molecule has 3 N–H and O–H groups in total. The topological polar surface area (TPSA) is 98.3 Å². The SMILES string of the molecule is Nc1ccccc1C(=O)Nc1c(F)cccc1[N+](=O)[O-]. The minimum absolute atomic E-state index is 0.116. The number of para-hydroxylation sites is 2. The van der Waals surface area contributed by atoms with Crippen molar-refractivity contribution in [3.63, 3.8) is 0 Å². The van der Waals surface area contributed by atoms with Gasteiger partial charge in [-0.25, -0.2) is 4.39 Å². The Morgan fingerprint density at radius 2 is 1.90 bits per heavy atom. The summed E-state index contributed by atoms with van der Waals surface area (Å²) in [7, 11) is 0. The maximum Gasteiger partial charge on any atom is 0.295 e. The minimum atomic E-state index is -0.887. The highest BCUT2D eigenvalue weighted by Gasteiger charge is 2.21. The van der Waals surface area contributed by atoms with Gasteiger partial charge in [-0.1, -0.05) is 18.2 Å². The molecule has 0 bridgehead atoms. The summed E-state index contributed by atoms with van der Waals surface area (Å²) in [6.45, 7) is 0. The Morgan fingerprint density at radius 1 is 1.20 bits per heavy atom. The fraction of sp³-hybridized carbons (Fsp3) is 0. The van der Waals surface area contributed by atoms with Gasteiger partial charge in [0.1, 0.15) is 0 Å². The molecule has 1 amide bonds. The smallest absolute Gasteiger partial charge is 0.295 e. The molecule has 0 aliphatic carbocycles. The summed E-state index contributed by atoms with van der Waals surface area (Å²) in [4.78, 5) is 22.0. The van der Waals surface area contributed by atoms with Crippen molar-refractivity contribution in [2.24, 2.45) is 0 Å². The van der Waals surface area contributed by atoms with Crippen LogP contribution in [0.1, 0.15) is 10.4 Å². The van der Waals surface area contributed by atoms with Crippen LogP contribution < -0.4 is 11.1 Å². The number of carbonyl (C=O) groups is 1. The summed E-state index contributed by atoms with van der Waals surface area (Å²) < 4.78 is 13.6. The van der Waals surface area contributed by atoms with Crippen LogP contribution >= 0.6 is 0 Å². The molecule has 20 heavy (non-hydrogen) atoms. The van der Waals surface area contributed by atoms with E-state index in [4.69, 9.17) is 5.73 Å². The Labute approximate surface area is 113 Å². The second-order valence-electron chi connectivity index (χ2n) is 3.93. The monoisotopic (exact) mass is 275 g/mol. The highest BCUT2D eigenvalue weighted by Crippen LogP contribution is 2.27. The van der Waals surface area contributed by atoms with Gasteiger partial charge in [-0.05, 0) is 18.2 Å². The van der Waals surface area contributed by atoms with Crippen LogP contribution in [-0.2, 0) is 0 Å². The highest BCUT2D eigenvalue weighted by atomic mass is 19.1. The van der Waals surface area contributed by atoms with Crippen LogP contribution in [0.15, 0.2) is 42.5 Å². The van der Waals surface area contributed by atoms with E-state index in [1.54, 1.807) is 12.1 Å². The first kappa shape index (κ1) is 13.5. The number of halogens is 1. The van der Waals surface area contributed by atoms with Gasteiger partial charge in [-0.3, -0.25) is 14.9 Å². The average Bonchev–Trinajstić information content (AvgIpc) is 2.41. The van der Waals surface area contributed by atoms with E-state index in [1.807, 2.05) is 0 Å². The Bertz CT molecular complexity index is 688. The molecule has 0 fully saturated rings. The summed E-state index contributed by atoms with van der Waals surface area (Å²) in [6, 6.07) is 9.49. The molecule has 2 aromatic rings. The second-order valence-corrected chi connectivity index (χ2v) is 3.93. The maximum atomic E-state index is 13.6. The molecule has 7 heteroatoms. The van der Waals surface area contributed by atoms with E-state index < -0.39 is 28.0 Å². The number of nitrogens with one attached hydrogen (secondary N) is 1. The molecule has 0 aliphatic heterocycles. The average molecular weight is 275 g/mol. The van der Waals surface area contributed by atoms with Crippen molar-refractivity contribution < 1.29 is 14.1 Å². The minimum Gasteiger partial charge on any atom is -0.398 e. The van der Waals surface area contributed by atoms with Gasteiger partial charge in [0, 0.05) is 11.8 Å². The number of hydrogen-bond acceptors (Lipinski definition) is 4. The Balaban J connectivity index is 2.38. The summed E-state index contributed by atoms with van der Waals surface area (Å²) in [5, 5.41) is 13.0. The molecule has 2 aromatic carbocycles. The number of hydrogen-bond donors (Lipinski definition) is 2. The number of amides is 1. The van der Waals surface area contributed by atoms with Crippen LogP contribution in [0, 0.1) is 15.9 Å². The van der Waals surface area contributed by atoms with Gasteiger partial charge in [-0.15, -0.1) is 0 Å². The van der Waals surface area contributed by atoms with Crippen LogP contribution in [0.25, 0.3) is 0 Å². The fourth-order valence-corrected chi connectivity index (χ4v) is 1.67. The Kier molecular flexibility index (Phi) is 3.60. The first-order valence-electron chi connectivity index (χ1n) is 5.59. The van der Waals surface area contributed by atoms with Gasteiger partial charge < -0.3 is 11.1 Å². The van der Waals surface area contributed by atoms with E-state index >= 15 is 0 Å². The number of carbonyl (C=O) groups excluding carboxylic acids is 1. The van der Waals surface area contributed by atoms with E-state index in [0.29, 0.717) is 0 Å². The molecule has 0 spiro atoms. The predicted molar refractivity (Wildman–Crippen MR) is 71.9 cm³/mol. The summed E-state index contributed by atoms with van der Waals surface area (Å²) >= 11 is 0. The molecule has 6 nitrogen and oxygen atoms in total. The van der Waals surface area contributed by atoms with Crippen molar-refractivity contribution in [3.8, 4) is 0 Å². The molecule has 2 rings (SSSR count). The van der Waals surface area contributed by atoms with Gasteiger partial charge in [0.15, 0.2) is 11.5 Å². The van der Waals surface area contributed by atoms with Crippen LogP contribution in [0.5, 0.6) is 0 Å². The molecule has 0 unspecified atom stereocenters. The van der Waals surface area contributed by atoms with Crippen molar-refractivity contribution in [2.45, 2.75) is 0 Å². The molecule has 0 saturated heterocycles. The molecule has 0 atom stereocenters. The number of nitrogens with zero attached hydrogens (tertiary/aromatic N) is 1. The van der Waals surface area contributed by atoms with Gasteiger partial charge in [0.2, 0.25) is 0 Å². The van der Waals surface area contributed by atoms with Crippen LogP contribution in [0.4, 0.5) is 21.5 Å². The third-order valence-corrected chi connectivity index (χ3v) is 2.63. The van der Waals surface area contributed by atoms with Gasteiger partial charge in [0.05, 0.1) is 10.5 Å². The lowest BCUT2D eigenvalue weighted by molar-refractivity contribution is -0.384. The third kappa shape index (κ3) is 2.56. The number of nitro groups is 1. The first-order chi connectivity index (χ1) is 9.50. The van der Waals surface area contributed by atoms with Crippen molar-refractivity contribution in [1.29, 1.82) is 0 Å². The van der Waals surface area contributed by atoms with E-state index in [9.17, 15) is 19.3 Å². The number of rotatable bonds is 3. The zero-order chi connectivity index (χ0) is 14.7. The van der Waals surface area contributed by atoms with Crippen molar-refractivity contribution in [2.75, 3.05) is 11.1 Å². The van der Waals surface area contributed by atoms with E-state index in [1.165, 1.54) is 18.2 Å². The summed E-state index contributed by atoms with van der Waals surface area (Å²) in [5.41, 5.74) is 4.94. The van der Waals surface area contributed by atoms with E-state index in [0.717, 1.165) is 12.1 Å². The molecular weight excluding hydrogens is 265 g/mol.